The van der Waals surface area contributed by atoms with Gasteiger partial charge in [-0.1, -0.05) is 29.8 Å². The number of carbonyl (C=O) groups is 1. The number of pyridine rings is 1. The van der Waals surface area contributed by atoms with E-state index in [9.17, 15) is 4.79 Å². The Hall–Kier alpha value is -1.91. The molecule has 2 aromatic rings. The van der Waals surface area contributed by atoms with E-state index in [-0.39, 0.29) is 18.1 Å². The zero-order valence-electron chi connectivity index (χ0n) is 13.0. The smallest absolute Gasteiger partial charge is 0.224 e. The summed E-state index contributed by atoms with van der Waals surface area (Å²) in [5.41, 5.74) is 2.89. The van der Waals surface area contributed by atoms with Crippen molar-refractivity contribution in [2.75, 3.05) is 6.61 Å². The fourth-order valence-electron chi connectivity index (χ4n) is 2.76. The summed E-state index contributed by atoms with van der Waals surface area (Å²) in [6.45, 7) is 2.57. The second-order valence-corrected chi connectivity index (χ2v) is 6.23. The quantitative estimate of drug-likeness (QED) is 0.936. The lowest BCUT2D eigenvalue weighted by Gasteiger charge is -2.20. The van der Waals surface area contributed by atoms with Gasteiger partial charge in [0.15, 0.2) is 0 Å². The zero-order chi connectivity index (χ0) is 16.2. The molecule has 2 atom stereocenters. The molecule has 1 aliphatic rings. The average molecular weight is 331 g/mol. The SMILES string of the molecule is Cc1ccc(CC(=O)N[C@H]2CCO[C@@H]2c2ccc(Cl)cc2)cn1. The normalized spacial score (nSPS) is 20.4. The first kappa shape index (κ1) is 16.0. The molecule has 23 heavy (non-hydrogen) atoms. The van der Waals surface area contributed by atoms with Crippen LogP contribution in [0.1, 0.15) is 29.3 Å². The van der Waals surface area contributed by atoms with Crippen LogP contribution in [-0.4, -0.2) is 23.5 Å². The molecule has 1 aliphatic heterocycles. The minimum absolute atomic E-state index is 0.00915. The van der Waals surface area contributed by atoms with E-state index in [1.807, 2.05) is 43.3 Å². The van der Waals surface area contributed by atoms with Gasteiger partial charge < -0.3 is 10.1 Å². The van der Waals surface area contributed by atoms with Gasteiger partial charge in [-0.15, -0.1) is 0 Å². The number of nitrogens with one attached hydrogen (secondary N) is 1. The second-order valence-electron chi connectivity index (χ2n) is 5.79. The molecule has 1 amide bonds. The van der Waals surface area contributed by atoms with E-state index in [0.29, 0.717) is 18.1 Å². The minimum Gasteiger partial charge on any atom is -0.371 e. The molecule has 0 bridgehead atoms. The van der Waals surface area contributed by atoms with E-state index < -0.39 is 0 Å². The Bertz CT molecular complexity index is 670. The number of hydrogen-bond acceptors (Lipinski definition) is 3. The molecule has 3 rings (SSSR count). The summed E-state index contributed by atoms with van der Waals surface area (Å²) < 4.78 is 5.79. The standard InChI is InChI=1S/C18H19ClN2O2/c1-12-2-3-13(11-20-12)10-17(22)21-16-8-9-23-18(16)14-4-6-15(19)7-5-14/h2-7,11,16,18H,8-10H2,1H3,(H,21,22)/t16-,18+/m0/s1. The summed E-state index contributed by atoms with van der Waals surface area (Å²) in [4.78, 5) is 16.5. The third-order valence-corrected chi connectivity index (χ3v) is 4.23. The lowest BCUT2D eigenvalue weighted by Crippen LogP contribution is -2.37. The maximum Gasteiger partial charge on any atom is 0.224 e. The van der Waals surface area contributed by atoms with Gasteiger partial charge in [0.05, 0.1) is 12.5 Å². The molecule has 0 unspecified atom stereocenters. The van der Waals surface area contributed by atoms with E-state index in [4.69, 9.17) is 16.3 Å². The van der Waals surface area contributed by atoms with Crippen molar-refractivity contribution in [1.29, 1.82) is 0 Å². The molecule has 0 spiro atoms. The number of hydrogen-bond donors (Lipinski definition) is 1. The summed E-state index contributed by atoms with van der Waals surface area (Å²) in [5, 5.41) is 3.77. The van der Waals surface area contributed by atoms with E-state index in [2.05, 4.69) is 10.3 Å². The Morgan fingerprint density at radius 1 is 1.30 bits per heavy atom. The van der Waals surface area contributed by atoms with Crippen LogP contribution in [0.25, 0.3) is 0 Å². The number of benzene rings is 1. The molecule has 0 saturated carbocycles. The molecule has 1 fully saturated rings. The van der Waals surface area contributed by atoms with Crippen LogP contribution in [0.15, 0.2) is 42.6 Å². The van der Waals surface area contributed by atoms with Crippen molar-refractivity contribution in [3.05, 3.63) is 64.4 Å². The highest BCUT2D eigenvalue weighted by Gasteiger charge is 2.30. The first-order chi connectivity index (χ1) is 11.1. The van der Waals surface area contributed by atoms with Crippen LogP contribution in [0.5, 0.6) is 0 Å². The van der Waals surface area contributed by atoms with E-state index >= 15 is 0 Å². The van der Waals surface area contributed by atoms with Crippen LogP contribution < -0.4 is 5.32 Å². The number of aryl methyl sites for hydroxylation is 1. The van der Waals surface area contributed by atoms with E-state index in [1.165, 1.54) is 0 Å². The highest BCUT2D eigenvalue weighted by atomic mass is 35.5. The number of carbonyl (C=O) groups excluding carboxylic acids is 1. The number of rotatable bonds is 4. The van der Waals surface area contributed by atoms with Gasteiger partial charge in [0, 0.05) is 23.5 Å². The minimum atomic E-state index is -0.118. The second kappa shape index (κ2) is 7.11. The molecule has 2 heterocycles. The average Bonchev–Trinajstić information content (AvgIpc) is 2.98. The Morgan fingerprint density at radius 2 is 2.09 bits per heavy atom. The van der Waals surface area contributed by atoms with Gasteiger partial charge in [-0.05, 0) is 42.7 Å². The van der Waals surface area contributed by atoms with Crippen LogP contribution in [0, 0.1) is 6.92 Å². The topological polar surface area (TPSA) is 51.2 Å². The largest absolute Gasteiger partial charge is 0.371 e. The van der Waals surface area contributed by atoms with Crippen molar-refractivity contribution in [2.24, 2.45) is 0 Å². The van der Waals surface area contributed by atoms with Gasteiger partial charge in [0.2, 0.25) is 5.91 Å². The molecule has 1 saturated heterocycles. The summed E-state index contributed by atoms with van der Waals surface area (Å²) in [6, 6.07) is 11.4. The fourth-order valence-corrected chi connectivity index (χ4v) is 2.89. The van der Waals surface area contributed by atoms with E-state index in [0.717, 1.165) is 23.2 Å². The highest BCUT2D eigenvalue weighted by Crippen LogP contribution is 2.30. The van der Waals surface area contributed by atoms with Crippen LogP contribution in [-0.2, 0) is 16.0 Å². The molecule has 4 nitrogen and oxygen atoms in total. The lowest BCUT2D eigenvalue weighted by atomic mass is 10.0. The van der Waals surface area contributed by atoms with Gasteiger partial charge in [-0.25, -0.2) is 0 Å². The molecule has 1 aromatic heterocycles. The summed E-state index contributed by atoms with van der Waals surface area (Å²) in [6.07, 6.45) is 2.77. The number of aromatic nitrogens is 1. The predicted molar refractivity (Wildman–Crippen MR) is 89.4 cm³/mol. The Balaban J connectivity index is 1.62. The molecule has 0 aliphatic carbocycles. The van der Waals surface area contributed by atoms with Crippen molar-refractivity contribution in [2.45, 2.75) is 31.9 Å². The van der Waals surface area contributed by atoms with Crippen LogP contribution in [0.2, 0.25) is 5.02 Å². The monoisotopic (exact) mass is 330 g/mol. The maximum absolute atomic E-state index is 12.3. The number of amides is 1. The molecule has 1 aromatic carbocycles. The van der Waals surface area contributed by atoms with Crippen molar-refractivity contribution in [3.8, 4) is 0 Å². The molecule has 0 radical (unpaired) electrons. The van der Waals surface area contributed by atoms with Crippen molar-refractivity contribution < 1.29 is 9.53 Å². The van der Waals surface area contributed by atoms with Gasteiger partial charge in [0.25, 0.3) is 0 Å². The van der Waals surface area contributed by atoms with Crippen LogP contribution in [0.4, 0.5) is 0 Å². The first-order valence-corrected chi connectivity index (χ1v) is 8.07. The van der Waals surface area contributed by atoms with Gasteiger partial charge in [-0.3, -0.25) is 9.78 Å². The number of halogens is 1. The fraction of sp³-hybridized carbons (Fsp3) is 0.333. The first-order valence-electron chi connectivity index (χ1n) is 7.70. The summed E-state index contributed by atoms with van der Waals surface area (Å²) in [7, 11) is 0. The molecule has 1 N–H and O–H groups in total. The maximum atomic E-state index is 12.3. The number of nitrogens with zero attached hydrogens (tertiary/aromatic N) is 1. The van der Waals surface area contributed by atoms with Crippen molar-refractivity contribution >= 4 is 17.5 Å². The van der Waals surface area contributed by atoms with E-state index in [1.54, 1.807) is 6.20 Å². The summed E-state index contributed by atoms with van der Waals surface area (Å²) in [5.74, 6) is -0.00915. The summed E-state index contributed by atoms with van der Waals surface area (Å²) >= 11 is 5.92. The third-order valence-electron chi connectivity index (χ3n) is 3.97. The zero-order valence-corrected chi connectivity index (χ0v) is 13.7. The van der Waals surface area contributed by atoms with Crippen molar-refractivity contribution in [1.82, 2.24) is 10.3 Å². The molecular weight excluding hydrogens is 312 g/mol. The van der Waals surface area contributed by atoms with Crippen LogP contribution in [0.3, 0.4) is 0 Å². The van der Waals surface area contributed by atoms with Crippen molar-refractivity contribution in [3.63, 3.8) is 0 Å². The Kier molecular flexibility index (Phi) is 4.94. The highest BCUT2D eigenvalue weighted by molar-refractivity contribution is 6.30. The molecule has 5 heteroatoms. The number of ether oxygens (including phenoxy) is 1. The van der Waals surface area contributed by atoms with Gasteiger partial charge >= 0.3 is 0 Å². The van der Waals surface area contributed by atoms with Gasteiger partial charge in [0.1, 0.15) is 6.10 Å². The molecule has 120 valence electrons. The third kappa shape index (κ3) is 4.09. The lowest BCUT2D eigenvalue weighted by molar-refractivity contribution is -0.121. The predicted octanol–water partition coefficient (Wildman–Crippen LogP) is 3.23. The Labute approximate surface area is 140 Å². The van der Waals surface area contributed by atoms with Crippen LogP contribution >= 0.6 is 11.6 Å². The molecular formula is C18H19ClN2O2. The Morgan fingerprint density at radius 3 is 2.78 bits per heavy atom. The van der Waals surface area contributed by atoms with Gasteiger partial charge in [-0.2, -0.15) is 0 Å².